The van der Waals surface area contributed by atoms with E-state index in [0.717, 1.165) is 6.42 Å². The molecule has 1 atom stereocenters. The van der Waals surface area contributed by atoms with Gasteiger partial charge in [-0.3, -0.25) is 0 Å². The summed E-state index contributed by atoms with van der Waals surface area (Å²) in [7, 11) is 1.67. The lowest BCUT2D eigenvalue weighted by atomic mass is 10.00. The van der Waals surface area contributed by atoms with E-state index >= 15 is 0 Å². The van der Waals surface area contributed by atoms with Gasteiger partial charge in [-0.25, -0.2) is 0 Å². The second-order valence-corrected chi connectivity index (χ2v) is 4.46. The van der Waals surface area contributed by atoms with E-state index in [1.54, 1.807) is 7.11 Å². The maximum absolute atomic E-state index is 6.04. The van der Waals surface area contributed by atoms with Crippen LogP contribution in [0.25, 0.3) is 0 Å². The summed E-state index contributed by atoms with van der Waals surface area (Å²) in [5.41, 5.74) is 9.92. The van der Waals surface area contributed by atoms with Gasteiger partial charge in [0.05, 0.1) is 19.8 Å². The smallest absolute Gasteiger partial charge is 0.0701 e. The second kappa shape index (κ2) is 7.43. The maximum Gasteiger partial charge on any atom is 0.0701 e. The van der Waals surface area contributed by atoms with Crippen LogP contribution < -0.4 is 5.73 Å². The molecule has 2 N–H and O–H groups in total. The Morgan fingerprint density at radius 3 is 2.71 bits per heavy atom. The molecule has 0 saturated heterocycles. The molecule has 0 bridgehead atoms. The first-order valence-corrected chi connectivity index (χ1v) is 6.02. The third kappa shape index (κ3) is 5.31. The number of ether oxygens (including phenoxy) is 2. The molecular weight excluding hydrogens is 214 g/mol. The lowest BCUT2D eigenvalue weighted by Crippen LogP contribution is -2.29. The molecule has 0 aromatic heterocycles. The first-order valence-electron chi connectivity index (χ1n) is 6.02. The highest BCUT2D eigenvalue weighted by molar-refractivity contribution is 5.31. The standard InChI is InChI=1S/C14H23NO2/c1-11-4-5-12(2)13(8-11)9-14(15)10-17-7-6-16-3/h4-5,8,14H,6-7,9-10,15H2,1-3H3. The molecule has 0 aliphatic rings. The largest absolute Gasteiger partial charge is 0.382 e. The van der Waals surface area contributed by atoms with E-state index in [-0.39, 0.29) is 6.04 Å². The van der Waals surface area contributed by atoms with Crippen LogP contribution in [0.4, 0.5) is 0 Å². The van der Waals surface area contributed by atoms with E-state index in [2.05, 4.69) is 32.0 Å². The molecule has 0 heterocycles. The van der Waals surface area contributed by atoms with Crippen LogP contribution in [0.2, 0.25) is 0 Å². The fraction of sp³-hybridized carbons (Fsp3) is 0.571. The van der Waals surface area contributed by atoms with Crippen LogP contribution in [0.5, 0.6) is 0 Å². The first-order chi connectivity index (χ1) is 8.13. The van der Waals surface area contributed by atoms with Crippen molar-refractivity contribution < 1.29 is 9.47 Å². The summed E-state index contributed by atoms with van der Waals surface area (Å²) in [6.07, 6.45) is 0.862. The van der Waals surface area contributed by atoms with Crippen molar-refractivity contribution in [1.29, 1.82) is 0 Å². The van der Waals surface area contributed by atoms with Crippen molar-refractivity contribution in [2.24, 2.45) is 5.73 Å². The Morgan fingerprint density at radius 2 is 2.00 bits per heavy atom. The summed E-state index contributed by atoms with van der Waals surface area (Å²) in [5, 5.41) is 0. The minimum absolute atomic E-state index is 0.0485. The Bertz CT molecular complexity index is 339. The fourth-order valence-electron chi connectivity index (χ4n) is 1.74. The molecule has 3 heteroatoms. The van der Waals surface area contributed by atoms with Gasteiger partial charge in [-0.15, -0.1) is 0 Å². The molecule has 96 valence electrons. The second-order valence-electron chi connectivity index (χ2n) is 4.46. The van der Waals surface area contributed by atoms with Crippen LogP contribution in [-0.4, -0.2) is 33.0 Å². The first kappa shape index (κ1) is 14.2. The van der Waals surface area contributed by atoms with E-state index in [4.69, 9.17) is 15.2 Å². The molecule has 17 heavy (non-hydrogen) atoms. The lowest BCUT2D eigenvalue weighted by molar-refractivity contribution is 0.0637. The van der Waals surface area contributed by atoms with Crippen molar-refractivity contribution in [2.45, 2.75) is 26.3 Å². The number of hydrogen-bond donors (Lipinski definition) is 1. The van der Waals surface area contributed by atoms with Crippen molar-refractivity contribution in [2.75, 3.05) is 26.9 Å². The van der Waals surface area contributed by atoms with Crippen LogP contribution in [0, 0.1) is 13.8 Å². The number of nitrogens with two attached hydrogens (primary N) is 1. The Hall–Kier alpha value is -0.900. The summed E-state index contributed by atoms with van der Waals surface area (Å²) in [4.78, 5) is 0. The predicted octanol–water partition coefficient (Wildman–Crippen LogP) is 1.84. The molecular formula is C14H23NO2. The quantitative estimate of drug-likeness (QED) is 0.736. The highest BCUT2D eigenvalue weighted by atomic mass is 16.5. The van der Waals surface area contributed by atoms with Gasteiger partial charge >= 0.3 is 0 Å². The molecule has 1 aromatic rings. The van der Waals surface area contributed by atoms with Gasteiger partial charge in [0, 0.05) is 13.2 Å². The van der Waals surface area contributed by atoms with Gasteiger partial charge in [0.2, 0.25) is 0 Å². The van der Waals surface area contributed by atoms with Crippen LogP contribution in [-0.2, 0) is 15.9 Å². The van der Waals surface area contributed by atoms with Gasteiger partial charge in [-0.2, -0.15) is 0 Å². The zero-order valence-corrected chi connectivity index (χ0v) is 11.0. The number of hydrogen-bond acceptors (Lipinski definition) is 3. The Kier molecular flexibility index (Phi) is 6.19. The van der Waals surface area contributed by atoms with Crippen molar-refractivity contribution in [3.05, 3.63) is 34.9 Å². The molecule has 1 unspecified atom stereocenters. The van der Waals surface area contributed by atoms with Gasteiger partial charge < -0.3 is 15.2 Å². The summed E-state index contributed by atoms with van der Waals surface area (Å²) in [6, 6.07) is 6.51. The summed E-state index contributed by atoms with van der Waals surface area (Å²) >= 11 is 0. The third-order valence-electron chi connectivity index (χ3n) is 2.75. The van der Waals surface area contributed by atoms with Crippen LogP contribution in [0.1, 0.15) is 16.7 Å². The van der Waals surface area contributed by atoms with Gasteiger partial charge in [0.25, 0.3) is 0 Å². The SMILES string of the molecule is COCCOCC(N)Cc1cc(C)ccc1C. The third-order valence-corrected chi connectivity index (χ3v) is 2.75. The summed E-state index contributed by atoms with van der Waals surface area (Å²) in [5.74, 6) is 0. The van der Waals surface area contributed by atoms with Gasteiger partial charge in [0.1, 0.15) is 0 Å². The van der Waals surface area contributed by atoms with E-state index in [1.807, 2.05) is 0 Å². The molecule has 1 rings (SSSR count). The average molecular weight is 237 g/mol. The van der Waals surface area contributed by atoms with E-state index in [9.17, 15) is 0 Å². The molecule has 0 aliphatic carbocycles. The molecule has 0 aliphatic heterocycles. The number of methoxy groups -OCH3 is 1. The minimum Gasteiger partial charge on any atom is -0.382 e. The molecule has 1 aromatic carbocycles. The normalized spacial score (nSPS) is 12.7. The lowest BCUT2D eigenvalue weighted by Gasteiger charge is -2.14. The van der Waals surface area contributed by atoms with Gasteiger partial charge in [-0.1, -0.05) is 23.8 Å². The zero-order valence-electron chi connectivity index (χ0n) is 11.0. The van der Waals surface area contributed by atoms with Gasteiger partial charge in [0.15, 0.2) is 0 Å². The average Bonchev–Trinajstić information content (AvgIpc) is 2.29. The molecule has 3 nitrogen and oxygen atoms in total. The zero-order chi connectivity index (χ0) is 12.7. The van der Waals surface area contributed by atoms with Crippen molar-refractivity contribution in [1.82, 2.24) is 0 Å². The Labute approximate surface area is 104 Å². The number of benzene rings is 1. The number of aryl methyl sites for hydroxylation is 2. The van der Waals surface area contributed by atoms with Crippen molar-refractivity contribution in [3.63, 3.8) is 0 Å². The monoisotopic (exact) mass is 237 g/mol. The topological polar surface area (TPSA) is 44.5 Å². The van der Waals surface area contributed by atoms with E-state index in [0.29, 0.717) is 19.8 Å². The van der Waals surface area contributed by atoms with Crippen LogP contribution >= 0.6 is 0 Å². The van der Waals surface area contributed by atoms with Crippen molar-refractivity contribution in [3.8, 4) is 0 Å². The molecule has 0 amide bonds. The Balaban J connectivity index is 2.39. The molecule has 0 saturated carbocycles. The highest BCUT2D eigenvalue weighted by Gasteiger charge is 2.06. The van der Waals surface area contributed by atoms with Crippen LogP contribution in [0.3, 0.4) is 0 Å². The van der Waals surface area contributed by atoms with Crippen LogP contribution in [0.15, 0.2) is 18.2 Å². The summed E-state index contributed by atoms with van der Waals surface area (Å²) < 4.78 is 10.3. The molecule has 0 fully saturated rings. The van der Waals surface area contributed by atoms with Gasteiger partial charge in [-0.05, 0) is 31.4 Å². The molecule has 0 radical (unpaired) electrons. The minimum atomic E-state index is 0.0485. The number of rotatable bonds is 7. The maximum atomic E-state index is 6.04. The predicted molar refractivity (Wildman–Crippen MR) is 70.3 cm³/mol. The van der Waals surface area contributed by atoms with Crippen molar-refractivity contribution >= 4 is 0 Å². The molecule has 0 spiro atoms. The fourth-order valence-corrected chi connectivity index (χ4v) is 1.74. The highest BCUT2D eigenvalue weighted by Crippen LogP contribution is 2.12. The van der Waals surface area contributed by atoms with E-state index < -0.39 is 0 Å². The van der Waals surface area contributed by atoms with E-state index in [1.165, 1.54) is 16.7 Å². The Morgan fingerprint density at radius 1 is 1.24 bits per heavy atom. The summed E-state index contributed by atoms with van der Waals surface area (Å²) in [6.45, 7) is 6.03.